The molecule has 0 saturated carbocycles. The maximum Gasteiger partial charge on any atom is 0.272 e. The van der Waals surface area contributed by atoms with Gasteiger partial charge in [0.05, 0.1) is 4.47 Å². The van der Waals surface area contributed by atoms with Crippen LogP contribution in [0.15, 0.2) is 17.0 Å². The first kappa shape index (κ1) is 9.31. The van der Waals surface area contributed by atoms with E-state index in [1.807, 2.05) is 0 Å². The molecule has 0 N–H and O–H groups in total. The minimum Gasteiger partial charge on any atom is -0.471 e. The number of hydrogen-bond donors (Lipinski definition) is 0. The molecule has 6 heteroatoms. The summed E-state index contributed by atoms with van der Waals surface area (Å²) in [6.45, 7) is -0.657. The summed E-state index contributed by atoms with van der Waals surface area (Å²) in [6, 6.07) is 0. The molecular weight excluding hydrogens is 234 g/mol. The summed E-state index contributed by atoms with van der Waals surface area (Å²) in [5.74, 6) is 0.130. The Morgan fingerprint density at radius 1 is 1.58 bits per heavy atom. The van der Waals surface area contributed by atoms with Gasteiger partial charge in [-0.25, -0.2) is 18.7 Å². The van der Waals surface area contributed by atoms with Crippen LogP contribution in [0.4, 0.5) is 8.78 Å². The predicted octanol–water partition coefficient (Wildman–Crippen LogP) is 1.88. The Morgan fingerprint density at radius 3 is 2.92 bits per heavy atom. The Labute approximate surface area is 75.9 Å². The highest BCUT2D eigenvalue weighted by atomic mass is 79.9. The molecule has 3 nitrogen and oxygen atoms in total. The van der Waals surface area contributed by atoms with Gasteiger partial charge in [-0.3, -0.25) is 0 Å². The van der Waals surface area contributed by atoms with E-state index in [0.29, 0.717) is 4.47 Å². The fourth-order valence-corrected chi connectivity index (χ4v) is 0.885. The number of ether oxygens (including phenoxy) is 1. The Morgan fingerprint density at radius 2 is 2.33 bits per heavy atom. The van der Waals surface area contributed by atoms with Crippen molar-refractivity contribution in [2.24, 2.45) is 0 Å². The highest BCUT2D eigenvalue weighted by Crippen LogP contribution is 2.19. The van der Waals surface area contributed by atoms with Crippen molar-refractivity contribution in [3.05, 3.63) is 17.0 Å². The normalized spacial score (nSPS) is 10.3. The van der Waals surface area contributed by atoms with Crippen LogP contribution in [0.3, 0.4) is 0 Å². The van der Waals surface area contributed by atoms with E-state index in [1.165, 1.54) is 12.5 Å². The number of hydrogen-bond acceptors (Lipinski definition) is 3. The third kappa shape index (κ3) is 2.69. The lowest BCUT2D eigenvalue weighted by molar-refractivity contribution is 0.0791. The van der Waals surface area contributed by atoms with Gasteiger partial charge in [0.1, 0.15) is 6.33 Å². The van der Waals surface area contributed by atoms with Crippen LogP contribution in [0.5, 0.6) is 5.88 Å². The molecule has 0 amide bonds. The maximum atomic E-state index is 11.7. The molecule has 0 saturated heterocycles. The van der Waals surface area contributed by atoms with E-state index in [-0.39, 0.29) is 5.88 Å². The second-order valence-electron chi connectivity index (χ2n) is 1.88. The quantitative estimate of drug-likeness (QED) is 0.807. The van der Waals surface area contributed by atoms with Crippen LogP contribution in [0.2, 0.25) is 0 Å². The Kier molecular flexibility index (Phi) is 3.33. The van der Waals surface area contributed by atoms with Crippen LogP contribution in [0.25, 0.3) is 0 Å². The van der Waals surface area contributed by atoms with Crippen molar-refractivity contribution >= 4 is 15.9 Å². The standard InChI is InChI=1S/C6H5BrF2N2O/c7-4-1-10-3-11-6(4)12-2-5(8)9/h1,3,5H,2H2. The van der Waals surface area contributed by atoms with E-state index in [0.717, 1.165) is 0 Å². The summed E-state index contributed by atoms with van der Waals surface area (Å²) in [6.07, 6.45) is 0.159. The molecule has 0 aliphatic carbocycles. The summed E-state index contributed by atoms with van der Waals surface area (Å²) in [5, 5.41) is 0. The molecule has 66 valence electrons. The van der Waals surface area contributed by atoms with Crippen molar-refractivity contribution in [3.8, 4) is 5.88 Å². The van der Waals surface area contributed by atoms with Gasteiger partial charge in [-0.05, 0) is 15.9 Å². The van der Waals surface area contributed by atoms with Crippen LogP contribution >= 0.6 is 15.9 Å². The molecule has 0 aliphatic heterocycles. The second-order valence-corrected chi connectivity index (χ2v) is 2.73. The van der Waals surface area contributed by atoms with Crippen LogP contribution < -0.4 is 4.74 Å². The lowest BCUT2D eigenvalue weighted by Crippen LogP contribution is -2.08. The molecule has 0 unspecified atom stereocenters. The SMILES string of the molecule is FC(F)COc1ncncc1Br. The topological polar surface area (TPSA) is 35.0 Å². The molecular formula is C6H5BrF2N2O. The molecule has 0 atom stereocenters. The first-order valence-corrected chi connectivity index (χ1v) is 3.86. The fourth-order valence-electron chi connectivity index (χ4n) is 0.550. The van der Waals surface area contributed by atoms with Crippen LogP contribution in [0, 0.1) is 0 Å². The van der Waals surface area contributed by atoms with Crippen molar-refractivity contribution in [3.63, 3.8) is 0 Å². The third-order valence-electron chi connectivity index (χ3n) is 0.980. The van der Waals surface area contributed by atoms with Crippen molar-refractivity contribution in [2.45, 2.75) is 6.43 Å². The van der Waals surface area contributed by atoms with Gasteiger partial charge in [-0.2, -0.15) is 0 Å². The summed E-state index contributed by atoms with van der Waals surface area (Å²) < 4.78 is 28.5. The van der Waals surface area contributed by atoms with E-state index in [2.05, 4.69) is 30.6 Å². The average molecular weight is 239 g/mol. The number of aromatic nitrogens is 2. The number of rotatable bonds is 3. The summed E-state index contributed by atoms with van der Waals surface area (Å²) in [4.78, 5) is 7.28. The molecule has 1 aromatic rings. The van der Waals surface area contributed by atoms with E-state index in [4.69, 9.17) is 0 Å². The van der Waals surface area contributed by atoms with Gasteiger partial charge in [-0.15, -0.1) is 0 Å². The van der Waals surface area contributed by atoms with Crippen molar-refractivity contribution in [2.75, 3.05) is 6.61 Å². The van der Waals surface area contributed by atoms with E-state index < -0.39 is 13.0 Å². The molecule has 0 bridgehead atoms. The van der Waals surface area contributed by atoms with Gasteiger partial charge in [0.2, 0.25) is 5.88 Å². The lowest BCUT2D eigenvalue weighted by atomic mass is 10.6. The average Bonchev–Trinajstić information content (AvgIpc) is 2.03. The lowest BCUT2D eigenvalue weighted by Gasteiger charge is -2.04. The maximum absolute atomic E-state index is 11.7. The van der Waals surface area contributed by atoms with Gasteiger partial charge in [-0.1, -0.05) is 0 Å². The first-order valence-electron chi connectivity index (χ1n) is 3.06. The largest absolute Gasteiger partial charge is 0.471 e. The Bertz CT molecular complexity index is 259. The van der Waals surface area contributed by atoms with Gasteiger partial charge in [0.25, 0.3) is 6.43 Å². The van der Waals surface area contributed by atoms with Crippen LogP contribution in [-0.4, -0.2) is 23.0 Å². The minimum atomic E-state index is -2.49. The number of halogens is 3. The van der Waals surface area contributed by atoms with Gasteiger partial charge in [0.15, 0.2) is 6.61 Å². The summed E-state index contributed by atoms with van der Waals surface area (Å²) >= 11 is 3.05. The third-order valence-corrected chi connectivity index (χ3v) is 1.52. The molecule has 0 spiro atoms. The Balaban J connectivity index is 2.57. The van der Waals surface area contributed by atoms with E-state index in [1.54, 1.807) is 0 Å². The molecule has 12 heavy (non-hydrogen) atoms. The van der Waals surface area contributed by atoms with Crippen LogP contribution in [-0.2, 0) is 0 Å². The van der Waals surface area contributed by atoms with Gasteiger partial charge in [0, 0.05) is 6.20 Å². The zero-order valence-corrected chi connectivity index (χ0v) is 7.46. The minimum absolute atomic E-state index is 0.130. The molecule has 0 radical (unpaired) electrons. The van der Waals surface area contributed by atoms with E-state index in [9.17, 15) is 8.78 Å². The first-order chi connectivity index (χ1) is 5.70. The molecule has 1 rings (SSSR count). The van der Waals surface area contributed by atoms with Crippen molar-refractivity contribution < 1.29 is 13.5 Å². The molecule has 0 aromatic carbocycles. The van der Waals surface area contributed by atoms with Gasteiger partial charge >= 0.3 is 0 Å². The summed E-state index contributed by atoms with van der Waals surface area (Å²) in [5.41, 5.74) is 0. The smallest absolute Gasteiger partial charge is 0.272 e. The predicted molar refractivity (Wildman–Crippen MR) is 41.2 cm³/mol. The second kappa shape index (κ2) is 4.30. The highest BCUT2D eigenvalue weighted by molar-refractivity contribution is 9.10. The highest BCUT2D eigenvalue weighted by Gasteiger charge is 2.06. The molecule has 1 aromatic heterocycles. The van der Waals surface area contributed by atoms with Crippen molar-refractivity contribution in [1.82, 2.24) is 9.97 Å². The number of nitrogens with zero attached hydrogens (tertiary/aromatic N) is 2. The van der Waals surface area contributed by atoms with Crippen LogP contribution in [0.1, 0.15) is 0 Å². The number of alkyl halides is 2. The van der Waals surface area contributed by atoms with Crippen molar-refractivity contribution in [1.29, 1.82) is 0 Å². The molecule has 0 aliphatic rings. The zero-order chi connectivity index (χ0) is 8.97. The zero-order valence-electron chi connectivity index (χ0n) is 5.88. The summed E-state index contributed by atoms with van der Waals surface area (Å²) in [7, 11) is 0. The fraction of sp³-hybridized carbons (Fsp3) is 0.333. The molecule has 0 fully saturated rings. The van der Waals surface area contributed by atoms with Gasteiger partial charge < -0.3 is 4.74 Å². The monoisotopic (exact) mass is 238 g/mol. The van der Waals surface area contributed by atoms with E-state index >= 15 is 0 Å². The Hall–Kier alpha value is -0.780. The molecule has 1 heterocycles.